The van der Waals surface area contributed by atoms with Crippen LogP contribution in [0.15, 0.2) is 0 Å². The van der Waals surface area contributed by atoms with Crippen LogP contribution in [-0.4, -0.2) is 28.2 Å². The lowest BCUT2D eigenvalue weighted by Gasteiger charge is -2.44. The summed E-state index contributed by atoms with van der Waals surface area (Å²) in [7, 11) is 0. The third kappa shape index (κ3) is 2.44. The van der Waals surface area contributed by atoms with Gasteiger partial charge in [0.25, 0.3) is 0 Å². The summed E-state index contributed by atoms with van der Waals surface area (Å²) < 4.78 is 0. The van der Waals surface area contributed by atoms with Crippen molar-refractivity contribution >= 4 is 5.78 Å². The Morgan fingerprint density at radius 1 is 1.16 bits per heavy atom. The van der Waals surface area contributed by atoms with Crippen molar-refractivity contribution in [3.63, 3.8) is 0 Å². The first-order valence-corrected chi connectivity index (χ1v) is 7.56. The number of ketones is 1. The van der Waals surface area contributed by atoms with E-state index in [0.717, 1.165) is 19.3 Å². The largest absolute Gasteiger partial charge is 0.392 e. The first-order chi connectivity index (χ1) is 9.16. The summed E-state index contributed by atoms with van der Waals surface area (Å²) in [5.74, 6) is 6.96. The number of hydrogen-bond donors (Lipinski definition) is 2. The fourth-order valence-electron chi connectivity index (χ4n) is 3.95. The Balaban J connectivity index is 1.66. The number of rotatable bonds is 1. The van der Waals surface area contributed by atoms with Crippen molar-refractivity contribution in [1.82, 2.24) is 0 Å². The van der Waals surface area contributed by atoms with Crippen molar-refractivity contribution < 1.29 is 15.0 Å². The van der Waals surface area contributed by atoms with Gasteiger partial charge in [-0.15, -0.1) is 0 Å². The lowest BCUT2D eigenvalue weighted by molar-refractivity contribution is -0.141. The van der Waals surface area contributed by atoms with Gasteiger partial charge >= 0.3 is 0 Å². The molecular formula is C16H22O3. The maximum atomic E-state index is 11.5. The van der Waals surface area contributed by atoms with Gasteiger partial charge < -0.3 is 10.2 Å². The van der Waals surface area contributed by atoms with E-state index in [-0.39, 0.29) is 17.8 Å². The van der Waals surface area contributed by atoms with E-state index in [2.05, 4.69) is 11.8 Å². The maximum absolute atomic E-state index is 11.5. The van der Waals surface area contributed by atoms with Crippen LogP contribution in [0.1, 0.15) is 44.9 Å². The molecule has 3 heteroatoms. The standard InChI is InChI=1S/C16H22O3/c17-14(10-3-1-2-4-10)7-5-11-13-9-16(19)12(13)6-8-15(11)18/h10-15,17-18H,1-4,6,8-9H2/t11-,12+,13-,14+,15-/m0/s1. The predicted octanol–water partition coefficient (Wildman–Crippen LogP) is 1.52. The highest BCUT2D eigenvalue weighted by molar-refractivity contribution is 5.87. The molecule has 19 heavy (non-hydrogen) atoms. The Labute approximate surface area is 114 Å². The van der Waals surface area contributed by atoms with Crippen molar-refractivity contribution in [2.75, 3.05) is 0 Å². The van der Waals surface area contributed by atoms with E-state index in [1.165, 1.54) is 12.8 Å². The van der Waals surface area contributed by atoms with Gasteiger partial charge in [0.15, 0.2) is 0 Å². The predicted molar refractivity (Wildman–Crippen MR) is 71.1 cm³/mol. The number of aliphatic hydroxyl groups is 2. The highest BCUT2D eigenvalue weighted by atomic mass is 16.3. The Morgan fingerprint density at radius 3 is 2.58 bits per heavy atom. The highest BCUT2D eigenvalue weighted by Gasteiger charge is 2.48. The van der Waals surface area contributed by atoms with Crippen molar-refractivity contribution in [1.29, 1.82) is 0 Å². The van der Waals surface area contributed by atoms with Gasteiger partial charge in [-0.1, -0.05) is 24.7 Å². The molecule has 3 saturated carbocycles. The van der Waals surface area contributed by atoms with E-state index < -0.39 is 12.2 Å². The van der Waals surface area contributed by atoms with Gasteiger partial charge in [-0.3, -0.25) is 4.79 Å². The number of Topliss-reactive ketones (excluding diaryl/α,β-unsaturated/α-hetero) is 1. The Kier molecular flexibility index (Phi) is 3.64. The monoisotopic (exact) mass is 262 g/mol. The van der Waals surface area contributed by atoms with Crippen molar-refractivity contribution in [3.05, 3.63) is 0 Å². The molecule has 0 saturated heterocycles. The molecule has 0 radical (unpaired) electrons. The van der Waals surface area contributed by atoms with Crippen molar-refractivity contribution in [2.45, 2.75) is 57.2 Å². The third-order valence-electron chi connectivity index (χ3n) is 5.26. The normalized spacial score (nSPS) is 40.0. The van der Waals surface area contributed by atoms with E-state index in [9.17, 15) is 15.0 Å². The molecule has 3 aliphatic carbocycles. The molecule has 5 atom stereocenters. The first kappa shape index (κ1) is 13.1. The minimum absolute atomic E-state index is 0.104. The van der Waals surface area contributed by atoms with Crippen LogP contribution in [0, 0.1) is 35.5 Å². The minimum Gasteiger partial charge on any atom is -0.392 e. The topological polar surface area (TPSA) is 57.5 Å². The number of carbonyl (C=O) groups excluding carboxylic acids is 1. The van der Waals surface area contributed by atoms with Crippen molar-refractivity contribution in [3.8, 4) is 11.8 Å². The van der Waals surface area contributed by atoms with Crippen LogP contribution < -0.4 is 0 Å². The van der Waals surface area contributed by atoms with E-state index >= 15 is 0 Å². The van der Waals surface area contributed by atoms with Gasteiger partial charge in [0.05, 0.1) is 12.0 Å². The number of carbonyl (C=O) groups is 1. The maximum Gasteiger partial charge on any atom is 0.136 e. The molecule has 3 nitrogen and oxygen atoms in total. The number of fused-ring (bicyclic) bond motifs is 1. The Bertz CT molecular complexity index is 413. The number of aliphatic hydroxyl groups excluding tert-OH is 2. The van der Waals surface area contributed by atoms with Crippen LogP contribution in [0.25, 0.3) is 0 Å². The Hall–Kier alpha value is -0.850. The molecule has 0 aliphatic heterocycles. The van der Waals surface area contributed by atoms with Gasteiger partial charge in [0, 0.05) is 12.3 Å². The smallest absolute Gasteiger partial charge is 0.136 e. The fraction of sp³-hybridized carbons (Fsp3) is 0.812. The summed E-state index contributed by atoms with van der Waals surface area (Å²) in [5, 5.41) is 20.1. The molecule has 0 spiro atoms. The van der Waals surface area contributed by atoms with Gasteiger partial charge in [0.1, 0.15) is 11.9 Å². The van der Waals surface area contributed by atoms with Crippen LogP contribution in [-0.2, 0) is 4.79 Å². The summed E-state index contributed by atoms with van der Waals surface area (Å²) in [6.45, 7) is 0. The molecule has 0 bridgehead atoms. The van der Waals surface area contributed by atoms with Gasteiger partial charge in [-0.25, -0.2) is 0 Å². The summed E-state index contributed by atoms with van der Waals surface area (Å²) in [6.07, 6.45) is 5.59. The van der Waals surface area contributed by atoms with Crippen LogP contribution in [0.2, 0.25) is 0 Å². The van der Waals surface area contributed by atoms with Crippen LogP contribution >= 0.6 is 0 Å². The average molecular weight is 262 g/mol. The van der Waals surface area contributed by atoms with Gasteiger partial charge in [-0.2, -0.15) is 0 Å². The molecule has 2 N–H and O–H groups in total. The first-order valence-electron chi connectivity index (χ1n) is 7.56. The molecule has 3 fully saturated rings. The summed E-state index contributed by atoms with van der Waals surface area (Å²) in [6, 6.07) is 0. The summed E-state index contributed by atoms with van der Waals surface area (Å²) in [4.78, 5) is 11.5. The average Bonchev–Trinajstić information content (AvgIpc) is 2.90. The second-order valence-corrected chi connectivity index (χ2v) is 6.39. The third-order valence-corrected chi connectivity index (χ3v) is 5.26. The van der Waals surface area contributed by atoms with Crippen LogP contribution in [0.5, 0.6) is 0 Å². The van der Waals surface area contributed by atoms with Crippen molar-refractivity contribution in [2.24, 2.45) is 23.7 Å². The molecular weight excluding hydrogens is 240 g/mol. The van der Waals surface area contributed by atoms with Gasteiger partial charge in [-0.05, 0) is 37.5 Å². The summed E-state index contributed by atoms with van der Waals surface area (Å²) in [5.41, 5.74) is 0. The Morgan fingerprint density at radius 2 is 1.89 bits per heavy atom. The molecule has 3 aliphatic rings. The van der Waals surface area contributed by atoms with E-state index in [4.69, 9.17) is 0 Å². The molecule has 104 valence electrons. The molecule has 0 aromatic carbocycles. The lowest BCUT2D eigenvalue weighted by atomic mass is 9.59. The van der Waals surface area contributed by atoms with Gasteiger partial charge in [0.2, 0.25) is 0 Å². The zero-order chi connectivity index (χ0) is 13.4. The second-order valence-electron chi connectivity index (χ2n) is 6.39. The van der Waals surface area contributed by atoms with Crippen LogP contribution in [0.4, 0.5) is 0 Å². The zero-order valence-electron chi connectivity index (χ0n) is 11.2. The van der Waals surface area contributed by atoms with E-state index in [1.807, 2.05) is 0 Å². The molecule has 0 heterocycles. The SMILES string of the molecule is O=C1C[C@H]2[C@H](C#C[C@@H](O)C3CCCC3)[C@@H](O)CC[C@@H]12. The quantitative estimate of drug-likeness (QED) is 0.704. The molecule has 0 aromatic rings. The van der Waals surface area contributed by atoms with Crippen LogP contribution in [0.3, 0.4) is 0 Å². The minimum atomic E-state index is -0.550. The molecule has 3 rings (SSSR count). The fourth-order valence-corrected chi connectivity index (χ4v) is 3.95. The van der Waals surface area contributed by atoms with E-state index in [0.29, 0.717) is 24.5 Å². The molecule has 0 aromatic heterocycles. The molecule has 0 amide bonds. The highest BCUT2D eigenvalue weighted by Crippen LogP contribution is 2.45. The number of hydrogen-bond acceptors (Lipinski definition) is 3. The second kappa shape index (κ2) is 5.26. The lowest BCUT2D eigenvalue weighted by Crippen LogP contribution is -2.49. The molecule has 0 unspecified atom stereocenters. The summed E-state index contributed by atoms with van der Waals surface area (Å²) >= 11 is 0. The zero-order valence-corrected chi connectivity index (χ0v) is 11.2. The van der Waals surface area contributed by atoms with E-state index in [1.54, 1.807) is 0 Å².